The van der Waals surface area contributed by atoms with E-state index in [9.17, 15) is 5.11 Å². The van der Waals surface area contributed by atoms with Crippen LogP contribution in [0.2, 0.25) is 0 Å². The van der Waals surface area contributed by atoms with E-state index in [1.807, 2.05) is 18.2 Å². The zero-order chi connectivity index (χ0) is 23.0. The maximum atomic E-state index is 10.2. The number of aromatic nitrogens is 2. The number of fused-ring (bicyclic) bond motifs is 3. The van der Waals surface area contributed by atoms with Crippen LogP contribution in [0.25, 0.3) is 11.3 Å². The number of benzene rings is 1. The Morgan fingerprint density at radius 3 is 2.45 bits per heavy atom. The van der Waals surface area contributed by atoms with Gasteiger partial charge in [0.25, 0.3) is 0 Å². The summed E-state index contributed by atoms with van der Waals surface area (Å²) in [6, 6.07) is 9.81. The smallest absolute Gasteiger partial charge is 0.172 e. The molecule has 1 atom stereocenters. The van der Waals surface area contributed by atoms with Crippen molar-refractivity contribution < 1.29 is 5.11 Å². The van der Waals surface area contributed by atoms with Crippen molar-refractivity contribution in [3.05, 3.63) is 30.3 Å². The van der Waals surface area contributed by atoms with E-state index in [1.54, 1.807) is 6.07 Å². The number of piperazine rings is 2. The molecular formula is C25H37N7O. The van der Waals surface area contributed by atoms with Crippen molar-refractivity contribution in [1.82, 2.24) is 24.9 Å². The average Bonchev–Trinajstić information content (AvgIpc) is 2.82. The predicted octanol–water partition coefficient (Wildman–Crippen LogP) is 2.18. The summed E-state index contributed by atoms with van der Waals surface area (Å²) in [4.78, 5) is 10.3. The number of hydrogen-bond donors (Lipinski definition) is 2. The molecule has 2 saturated heterocycles. The lowest BCUT2D eigenvalue weighted by Crippen LogP contribution is -2.59. The highest BCUT2D eigenvalue weighted by atomic mass is 16.3. The van der Waals surface area contributed by atoms with Crippen LogP contribution >= 0.6 is 0 Å². The van der Waals surface area contributed by atoms with Crippen molar-refractivity contribution in [2.24, 2.45) is 0 Å². The minimum atomic E-state index is 0.236. The molecule has 8 heteroatoms. The molecule has 33 heavy (non-hydrogen) atoms. The number of aromatic hydroxyl groups is 1. The summed E-state index contributed by atoms with van der Waals surface area (Å²) in [5.74, 6) is 1.08. The van der Waals surface area contributed by atoms with Crippen LogP contribution in [0.4, 0.5) is 11.5 Å². The maximum absolute atomic E-state index is 10.2. The predicted molar refractivity (Wildman–Crippen MR) is 133 cm³/mol. The minimum Gasteiger partial charge on any atom is -0.507 e. The molecule has 5 rings (SSSR count). The van der Waals surface area contributed by atoms with Gasteiger partial charge in [0.1, 0.15) is 5.75 Å². The van der Waals surface area contributed by atoms with Crippen molar-refractivity contribution in [2.75, 3.05) is 75.7 Å². The largest absolute Gasteiger partial charge is 0.507 e. The van der Waals surface area contributed by atoms with Gasteiger partial charge in [-0.2, -0.15) is 0 Å². The Morgan fingerprint density at radius 1 is 0.970 bits per heavy atom. The normalized spacial score (nSPS) is 22.5. The maximum Gasteiger partial charge on any atom is 0.172 e. The number of rotatable bonds is 4. The average molecular weight is 452 g/mol. The summed E-state index contributed by atoms with van der Waals surface area (Å²) in [7, 11) is 0. The molecule has 3 aliphatic rings. The van der Waals surface area contributed by atoms with Gasteiger partial charge < -0.3 is 15.3 Å². The standard InChI is InChI=1S/C25H37N7O/c1-25(2,3)31-13-10-29(11-14-31)8-9-30-12-15-32-19(18-30)17-26-24-22(32)16-21(27-28-24)20-6-4-5-7-23(20)33/h4-7,16,19,33H,8-15,17-18H2,1-3H3,(H,26,28)/t19-/m0/s1. The third-order valence-corrected chi connectivity index (χ3v) is 7.39. The van der Waals surface area contributed by atoms with Gasteiger partial charge in [0.2, 0.25) is 0 Å². The number of nitrogens with one attached hydrogen (secondary N) is 1. The van der Waals surface area contributed by atoms with E-state index < -0.39 is 0 Å². The molecule has 8 nitrogen and oxygen atoms in total. The Balaban J connectivity index is 1.19. The summed E-state index contributed by atoms with van der Waals surface area (Å²) in [5, 5.41) is 22.5. The molecule has 0 radical (unpaired) electrons. The summed E-state index contributed by atoms with van der Waals surface area (Å²) in [5.41, 5.74) is 2.81. The van der Waals surface area contributed by atoms with Crippen molar-refractivity contribution in [3.8, 4) is 17.0 Å². The molecule has 0 unspecified atom stereocenters. The van der Waals surface area contributed by atoms with Crippen molar-refractivity contribution >= 4 is 11.5 Å². The topological polar surface area (TPSA) is 71.0 Å². The van der Waals surface area contributed by atoms with Gasteiger partial charge in [-0.05, 0) is 39.0 Å². The highest BCUT2D eigenvalue weighted by Crippen LogP contribution is 2.35. The molecule has 2 aromatic rings. The number of para-hydroxylation sites is 1. The van der Waals surface area contributed by atoms with E-state index in [4.69, 9.17) is 0 Å². The Labute approximate surface area is 197 Å². The fourth-order valence-electron chi connectivity index (χ4n) is 5.30. The Bertz CT molecular complexity index is 967. The Hall–Kier alpha value is -2.42. The van der Waals surface area contributed by atoms with Crippen LogP contribution in [0.15, 0.2) is 30.3 Å². The van der Waals surface area contributed by atoms with Crippen LogP contribution in [-0.2, 0) is 0 Å². The second-order valence-corrected chi connectivity index (χ2v) is 10.5. The summed E-state index contributed by atoms with van der Waals surface area (Å²) in [6.45, 7) is 17.9. The molecular weight excluding hydrogens is 414 g/mol. The zero-order valence-corrected chi connectivity index (χ0v) is 20.2. The summed E-state index contributed by atoms with van der Waals surface area (Å²) in [6.07, 6.45) is 0. The molecule has 0 amide bonds. The monoisotopic (exact) mass is 451 g/mol. The van der Waals surface area contributed by atoms with Crippen LogP contribution in [0.3, 0.4) is 0 Å². The van der Waals surface area contributed by atoms with Gasteiger partial charge in [-0.1, -0.05) is 12.1 Å². The molecule has 0 aliphatic carbocycles. The van der Waals surface area contributed by atoms with Gasteiger partial charge in [-0.15, -0.1) is 10.2 Å². The van der Waals surface area contributed by atoms with Crippen LogP contribution < -0.4 is 10.2 Å². The molecule has 3 aliphatic heterocycles. The van der Waals surface area contributed by atoms with E-state index >= 15 is 0 Å². The first-order valence-corrected chi connectivity index (χ1v) is 12.2. The van der Waals surface area contributed by atoms with Crippen molar-refractivity contribution in [2.45, 2.75) is 32.4 Å². The van der Waals surface area contributed by atoms with Gasteiger partial charge >= 0.3 is 0 Å². The third-order valence-electron chi connectivity index (χ3n) is 7.39. The van der Waals surface area contributed by atoms with Gasteiger partial charge in [0.05, 0.1) is 17.4 Å². The number of phenolic OH excluding ortho intramolecular Hbond substituents is 1. The number of anilines is 2. The molecule has 0 spiro atoms. The van der Waals surface area contributed by atoms with Crippen LogP contribution in [0.5, 0.6) is 5.75 Å². The molecule has 178 valence electrons. The SMILES string of the molecule is CC(C)(C)N1CCN(CCN2CCN3c4cc(-c5ccccc5O)nnc4NC[C@H]3C2)CC1. The molecule has 0 bridgehead atoms. The molecule has 2 fully saturated rings. The minimum absolute atomic E-state index is 0.236. The number of nitrogens with zero attached hydrogens (tertiary/aromatic N) is 6. The van der Waals surface area contributed by atoms with Crippen molar-refractivity contribution in [3.63, 3.8) is 0 Å². The van der Waals surface area contributed by atoms with E-state index in [-0.39, 0.29) is 11.3 Å². The fourth-order valence-corrected chi connectivity index (χ4v) is 5.30. The fraction of sp³-hybridized carbons (Fsp3) is 0.600. The van der Waals surface area contributed by atoms with E-state index in [1.165, 1.54) is 26.2 Å². The van der Waals surface area contributed by atoms with E-state index in [2.05, 4.69) is 62.0 Å². The first kappa shape index (κ1) is 22.4. The summed E-state index contributed by atoms with van der Waals surface area (Å²) < 4.78 is 0. The first-order valence-electron chi connectivity index (χ1n) is 12.2. The Morgan fingerprint density at radius 2 is 1.70 bits per heavy atom. The Kier molecular flexibility index (Phi) is 6.16. The van der Waals surface area contributed by atoms with E-state index in [0.29, 0.717) is 11.7 Å². The van der Waals surface area contributed by atoms with Crippen LogP contribution in [-0.4, -0.2) is 107 Å². The van der Waals surface area contributed by atoms with Crippen molar-refractivity contribution in [1.29, 1.82) is 0 Å². The van der Waals surface area contributed by atoms with Gasteiger partial charge in [0, 0.05) is 76.5 Å². The zero-order valence-electron chi connectivity index (χ0n) is 20.2. The lowest BCUT2D eigenvalue weighted by molar-refractivity contribution is 0.0563. The lowest BCUT2D eigenvalue weighted by atomic mass is 10.0. The van der Waals surface area contributed by atoms with Crippen LogP contribution in [0.1, 0.15) is 20.8 Å². The van der Waals surface area contributed by atoms with E-state index in [0.717, 1.165) is 56.3 Å². The molecule has 1 aromatic carbocycles. The quantitative estimate of drug-likeness (QED) is 0.733. The third kappa shape index (κ3) is 4.78. The lowest BCUT2D eigenvalue weighted by Gasteiger charge is -2.46. The molecule has 0 saturated carbocycles. The van der Waals surface area contributed by atoms with Gasteiger partial charge in [0.15, 0.2) is 5.82 Å². The van der Waals surface area contributed by atoms with Gasteiger partial charge in [-0.25, -0.2) is 0 Å². The molecule has 4 heterocycles. The van der Waals surface area contributed by atoms with Gasteiger partial charge in [-0.3, -0.25) is 14.7 Å². The second-order valence-electron chi connectivity index (χ2n) is 10.5. The van der Waals surface area contributed by atoms with Crippen LogP contribution in [0, 0.1) is 0 Å². The summed E-state index contributed by atoms with van der Waals surface area (Å²) >= 11 is 0. The molecule has 2 N–H and O–H groups in total. The first-order chi connectivity index (χ1) is 15.9. The highest BCUT2D eigenvalue weighted by molar-refractivity contribution is 5.76. The highest BCUT2D eigenvalue weighted by Gasteiger charge is 2.33. The second kappa shape index (κ2) is 9.08. The number of hydrogen-bond acceptors (Lipinski definition) is 8. The molecule has 1 aromatic heterocycles. The number of phenols is 1.